The molecule has 2 aliphatic rings. The van der Waals surface area contributed by atoms with E-state index >= 15 is 0 Å². The molecule has 0 aliphatic carbocycles. The van der Waals surface area contributed by atoms with Crippen molar-refractivity contribution < 1.29 is 32.2 Å². The van der Waals surface area contributed by atoms with Crippen LogP contribution in [0.5, 0.6) is 0 Å². The van der Waals surface area contributed by atoms with E-state index in [0.29, 0.717) is 39.1 Å². The number of likely N-dealkylation sites (tertiary alicyclic amines) is 1. The van der Waals surface area contributed by atoms with Gasteiger partial charge in [0.15, 0.2) is 5.79 Å². The smallest absolute Gasteiger partial charge is 0.426 e. The van der Waals surface area contributed by atoms with E-state index in [1.54, 1.807) is 16.3 Å². The van der Waals surface area contributed by atoms with Crippen LogP contribution in [0.3, 0.4) is 0 Å². The number of hydrogen-bond acceptors (Lipinski definition) is 6. The molecule has 1 spiro atoms. The number of alkyl halides is 3. The molecule has 2 aliphatic heterocycles. The maximum Gasteiger partial charge on any atom is 0.426 e. The van der Waals surface area contributed by atoms with E-state index in [4.69, 9.17) is 14.2 Å². The minimum atomic E-state index is -4.61. The predicted molar refractivity (Wildman–Crippen MR) is 79.9 cm³/mol. The Labute approximate surface area is 141 Å². The minimum Gasteiger partial charge on any atom is -0.447 e. The van der Waals surface area contributed by atoms with E-state index in [-0.39, 0.29) is 11.4 Å². The number of carbonyl (C=O) groups excluding carboxylic acids is 1. The van der Waals surface area contributed by atoms with Crippen LogP contribution in [0.25, 0.3) is 0 Å². The SMILES string of the molecule is O=C(O[C@@H](CN1CCC2(CC1)OCCO2)C(F)(F)F)c1cccs1. The van der Waals surface area contributed by atoms with E-state index in [2.05, 4.69) is 0 Å². The van der Waals surface area contributed by atoms with Gasteiger partial charge in [-0.1, -0.05) is 6.07 Å². The average Bonchev–Trinajstić information content (AvgIpc) is 3.20. The first-order valence-electron chi connectivity index (χ1n) is 7.69. The molecule has 1 aromatic rings. The largest absolute Gasteiger partial charge is 0.447 e. The molecule has 134 valence electrons. The summed E-state index contributed by atoms with van der Waals surface area (Å²) in [6.45, 7) is 1.47. The van der Waals surface area contributed by atoms with Gasteiger partial charge in [-0.05, 0) is 11.4 Å². The highest BCUT2D eigenvalue weighted by Gasteiger charge is 2.46. The van der Waals surface area contributed by atoms with E-state index in [9.17, 15) is 18.0 Å². The molecule has 0 bridgehead atoms. The summed E-state index contributed by atoms with van der Waals surface area (Å²) in [7, 11) is 0. The summed E-state index contributed by atoms with van der Waals surface area (Å²) in [5.41, 5.74) is 0. The van der Waals surface area contributed by atoms with Gasteiger partial charge in [0.25, 0.3) is 0 Å². The zero-order chi connectivity index (χ0) is 17.2. The summed E-state index contributed by atoms with van der Waals surface area (Å²) in [4.78, 5) is 13.6. The fraction of sp³-hybridized carbons (Fsp3) is 0.667. The van der Waals surface area contributed by atoms with Gasteiger partial charge in [-0.15, -0.1) is 11.3 Å². The molecule has 0 unspecified atom stereocenters. The second kappa shape index (κ2) is 6.99. The van der Waals surface area contributed by atoms with Gasteiger partial charge < -0.3 is 14.2 Å². The summed E-state index contributed by atoms with van der Waals surface area (Å²) in [5.74, 6) is -1.58. The van der Waals surface area contributed by atoms with Gasteiger partial charge in [0.05, 0.1) is 13.2 Å². The molecular weight excluding hydrogens is 347 g/mol. The van der Waals surface area contributed by atoms with Gasteiger partial charge in [-0.3, -0.25) is 4.90 Å². The summed E-state index contributed by atoms with van der Waals surface area (Å²) in [6, 6.07) is 3.04. The van der Waals surface area contributed by atoms with Crippen molar-refractivity contribution in [3.05, 3.63) is 22.4 Å². The Morgan fingerprint density at radius 1 is 1.33 bits per heavy atom. The van der Waals surface area contributed by atoms with E-state index in [1.165, 1.54) is 6.07 Å². The van der Waals surface area contributed by atoms with E-state index in [0.717, 1.165) is 11.3 Å². The molecule has 2 saturated heterocycles. The van der Waals surface area contributed by atoms with Crippen molar-refractivity contribution >= 4 is 17.3 Å². The van der Waals surface area contributed by atoms with Crippen molar-refractivity contribution in [1.29, 1.82) is 0 Å². The van der Waals surface area contributed by atoms with Crippen LogP contribution in [0, 0.1) is 0 Å². The third kappa shape index (κ3) is 4.08. The van der Waals surface area contributed by atoms with Crippen LogP contribution in [0.15, 0.2) is 17.5 Å². The molecule has 0 radical (unpaired) electrons. The number of piperidine rings is 1. The molecule has 0 saturated carbocycles. The van der Waals surface area contributed by atoms with Crippen LogP contribution in [-0.4, -0.2) is 61.8 Å². The molecule has 0 amide bonds. The van der Waals surface area contributed by atoms with Crippen molar-refractivity contribution in [1.82, 2.24) is 4.90 Å². The Balaban J connectivity index is 1.58. The van der Waals surface area contributed by atoms with Crippen molar-refractivity contribution in [3.63, 3.8) is 0 Å². The lowest BCUT2D eigenvalue weighted by Crippen LogP contribution is -2.50. The highest BCUT2D eigenvalue weighted by molar-refractivity contribution is 7.11. The molecule has 3 heterocycles. The number of nitrogens with zero attached hydrogens (tertiary/aromatic N) is 1. The number of thiophene rings is 1. The summed E-state index contributed by atoms with van der Waals surface area (Å²) in [5, 5.41) is 1.62. The third-order valence-electron chi connectivity index (χ3n) is 4.19. The molecule has 24 heavy (non-hydrogen) atoms. The maximum absolute atomic E-state index is 13.2. The third-order valence-corrected chi connectivity index (χ3v) is 5.04. The van der Waals surface area contributed by atoms with E-state index in [1.807, 2.05) is 0 Å². The highest BCUT2D eigenvalue weighted by atomic mass is 32.1. The predicted octanol–water partition coefficient (Wildman–Crippen LogP) is 2.67. The standard InChI is InChI=1S/C15H18F3NO4S/c16-15(17,18)12(23-13(20)11-2-1-9-24-11)10-19-5-3-14(4-6-19)21-7-8-22-14/h1-2,9,12H,3-8,10H2/t12-/m0/s1. The van der Waals surface area contributed by atoms with E-state index < -0.39 is 24.0 Å². The van der Waals surface area contributed by atoms with Gasteiger partial charge in [0, 0.05) is 32.5 Å². The van der Waals surface area contributed by atoms with Gasteiger partial charge in [0.1, 0.15) is 4.88 Å². The zero-order valence-electron chi connectivity index (χ0n) is 12.9. The van der Waals surface area contributed by atoms with Crippen molar-refractivity contribution in [3.8, 4) is 0 Å². The first kappa shape index (κ1) is 17.7. The van der Waals surface area contributed by atoms with Crippen molar-refractivity contribution in [2.24, 2.45) is 0 Å². The molecule has 3 rings (SSSR count). The Morgan fingerprint density at radius 3 is 2.54 bits per heavy atom. The molecule has 0 aromatic carbocycles. The first-order valence-corrected chi connectivity index (χ1v) is 8.57. The van der Waals surface area contributed by atoms with Crippen molar-refractivity contribution in [2.75, 3.05) is 32.8 Å². The van der Waals surface area contributed by atoms with Gasteiger partial charge >= 0.3 is 12.1 Å². The molecule has 9 heteroatoms. The molecule has 1 atom stereocenters. The summed E-state index contributed by atoms with van der Waals surface area (Å²) in [6.07, 6.45) is -5.73. The topological polar surface area (TPSA) is 48.0 Å². The molecule has 0 N–H and O–H groups in total. The van der Waals surface area contributed by atoms with Crippen LogP contribution in [0.2, 0.25) is 0 Å². The molecule has 5 nitrogen and oxygen atoms in total. The lowest BCUT2D eigenvalue weighted by molar-refractivity contribution is -0.217. The lowest BCUT2D eigenvalue weighted by Gasteiger charge is -2.38. The Morgan fingerprint density at radius 2 is 2.00 bits per heavy atom. The number of hydrogen-bond donors (Lipinski definition) is 0. The number of esters is 1. The van der Waals surface area contributed by atoms with Crippen LogP contribution < -0.4 is 0 Å². The second-order valence-electron chi connectivity index (χ2n) is 5.82. The fourth-order valence-electron chi connectivity index (χ4n) is 2.89. The number of rotatable bonds is 4. The maximum atomic E-state index is 13.2. The fourth-order valence-corrected chi connectivity index (χ4v) is 3.49. The number of carbonyl (C=O) groups is 1. The number of halogens is 3. The Kier molecular flexibility index (Phi) is 5.14. The Bertz CT molecular complexity index is 548. The first-order chi connectivity index (χ1) is 11.4. The lowest BCUT2D eigenvalue weighted by atomic mass is 10.0. The summed E-state index contributed by atoms with van der Waals surface area (Å²) < 4.78 is 55.5. The molecule has 2 fully saturated rings. The molecular formula is C15H18F3NO4S. The van der Waals surface area contributed by atoms with Crippen molar-refractivity contribution in [2.45, 2.75) is 30.9 Å². The molecule has 1 aromatic heterocycles. The average molecular weight is 365 g/mol. The van der Waals surface area contributed by atoms with Gasteiger partial charge in [-0.25, -0.2) is 4.79 Å². The number of ether oxygens (including phenoxy) is 3. The zero-order valence-corrected chi connectivity index (χ0v) is 13.7. The monoisotopic (exact) mass is 365 g/mol. The van der Waals surface area contributed by atoms with Gasteiger partial charge in [-0.2, -0.15) is 13.2 Å². The van der Waals surface area contributed by atoms with Crippen LogP contribution in [0.4, 0.5) is 13.2 Å². The Hall–Kier alpha value is -1.16. The summed E-state index contributed by atoms with van der Waals surface area (Å²) >= 11 is 1.05. The second-order valence-corrected chi connectivity index (χ2v) is 6.77. The minimum absolute atomic E-state index is 0.162. The van der Waals surface area contributed by atoms with Crippen LogP contribution >= 0.6 is 11.3 Å². The normalized spacial score (nSPS) is 22.6. The quantitative estimate of drug-likeness (QED) is 0.768. The highest BCUT2D eigenvalue weighted by Crippen LogP contribution is 2.32. The van der Waals surface area contributed by atoms with Crippen LogP contribution in [-0.2, 0) is 14.2 Å². The van der Waals surface area contributed by atoms with Crippen LogP contribution in [0.1, 0.15) is 22.5 Å². The van der Waals surface area contributed by atoms with Gasteiger partial charge in [0.2, 0.25) is 6.10 Å².